The van der Waals surface area contributed by atoms with Gasteiger partial charge in [-0.1, -0.05) is 41.9 Å². The van der Waals surface area contributed by atoms with Gasteiger partial charge in [-0.3, -0.25) is 0 Å². The fraction of sp³-hybridized carbons (Fsp3) is 0.105. The van der Waals surface area contributed by atoms with Gasteiger partial charge in [-0.25, -0.2) is 4.79 Å². The van der Waals surface area contributed by atoms with Crippen molar-refractivity contribution >= 4 is 23.6 Å². The summed E-state index contributed by atoms with van der Waals surface area (Å²) in [6.07, 6.45) is 2.89. The van der Waals surface area contributed by atoms with E-state index in [4.69, 9.17) is 21.1 Å². The Hall–Kier alpha value is -2.72. The number of halogens is 1. The van der Waals surface area contributed by atoms with Crippen molar-refractivity contribution < 1.29 is 19.0 Å². The molecule has 0 N–H and O–H groups in total. The van der Waals surface area contributed by atoms with Gasteiger partial charge in [0.05, 0.1) is 25.5 Å². The Kier molecular flexibility index (Phi) is 6.46. The molecule has 0 saturated carbocycles. The van der Waals surface area contributed by atoms with Crippen LogP contribution in [0.2, 0.25) is 0 Å². The maximum atomic E-state index is 11.7. The number of carbonyl (C=O) groups excluding carboxylic acids is 1. The summed E-state index contributed by atoms with van der Waals surface area (Å²) >= 11 is 6.22. The predicted molar refractivity (Wildman–Crippen MR) is 93.9 cm³/mol. The Morgan fingerprint density at radius 3 is 2.38 bits per heavy atom. The monoisotopic (exact) mass is 344 g/mol. The topological polar surface area (TPSA) is 44.8 Å². The van der Waals surface area contributed by atoms with Crippen LogP contribution >= 0.6 is 11.6 Å². The van der Waals surface area contributed by atoms with Crippen molar-refractivity contribution in [1.29, 1.82) is 0 Å². The first kappa shape index (κ1) is 17.6. The lowest BCUT2D eigenvalue weighted by Gasteiger charge is -2.07. The van der Waals surface area contributed by atoms with Crippen molar-refractivity contribution in [2.75, 3.05) is 14.2 Å². The van der Waals surface area contributed by atoms with Crippen LogP contribution in [0.5, 0.6) is 11.5 Å². The first-order valence-corrected chi connectivity index (χ1v) is 7.53. The Balaban J connectivity index is 2.24. The number of carbonyl (C=O) groups is 1. The third-order valence-corrected chi connectivity index (χ3v) is 3.34. The third-order valence-electron chi connectivity index (χ3n) is 3.03. The third kappa shape index (κ3) is 4.89. The van der Waals surface area contributed by atoms with E-state index in [2.05, 4.69) is 4.74 Å². The molecule has 0 aromatic heterocycles. The molecule has 0 fully saturated rings. The van der Waals surface area contributed by atoms with E-state index in [0.29, 0.717) is 5.75 Å². The molecule has 0 bridgehead atoms. The fourth-order valence-corrected chi connectivity index (χ4v) is 2.19. The molecule has 0 aliphatic rings. The molecule has 2 rings (SSSR count). The van der Waals surface area contributed by atoms with Crippen LogP contribution in [-0.4, -0.2) is 20.2 Å². The van der Waals surface area contributed by atoms with Crippen molar-refractivity contribution in [3.8, 4) is 11.5 Å². The molecule has 0 aliphatic heterocycles. The highest BCUT2D eigenvalue weighted by atomic mass is 35.5. The number of hydrogen-bond donors (Lipinski definition) is 0. The summed E-state index contributed by atoms with van der Waals surface area (Å²) in [6.45, 7) is 0. The van der Waals surface area contributed by atoms with Crippen LogP contribution in [0.3, 0.4) is 0 Å². The van der Waals surface area contributed by atoms with E-state index in [1.807, 2.05) is 54.6 Å². The minimum Gasteiger partial charge on any atom is -0.503 e. The van der Waals surface area contributed by atoms with Crippen LogP contribution in [0.15, 0.2) is 71.5 Å². The molecule has 0 radical (unpaired) electrons. The number of para-hydroxylation sites is 1. The SMILES string of the molecule is COC=C(C(=O)OC)C(Cl)=Cc1cccc(Oc2ccccc2)c1. The van der Waals surface area contributed by atoms with Gasteiger partial charge in [0.2, 0.25) is 0 Å². The highest BCUT2D eigenvalue weighted by Crippen LogP contribution is 2.25. The van der Waals surface area contributed by atoms with Gasteiger partial charge in [-0.2, -0.15) is 0 Å². The van der Waals surface area contributed by atoms with E-state index in [1.165, 1.54) is 20.5 Å². The Morgan fingerprint density at radius 1 is 1.00 bits per heavy atom. The molecule has 5 heteroatoms. The molecule has 0 saturated heterocycles. The zero-order valence-electron chi connectivity index (χ0n) is 13.4. The molecule has 2 aromatic rings. The largest absolute Gasteiger partial charge is 0.503 e. The summed E-state index contributed by atoms with van der Waals surface area (Å²) in [5.74, 6) is 0.823. The van der Waals surface area contributed by atoms with Gasteiger partial charge in [-0.15, -0.1) is 0 Å². The summed E-state index contributed by atoms with van der Waals surface area (Å²) in [6, 6.07) is 16.8. The minimum atomic E-state index is -0.574. The van der Waals surface area contributed by atoms with E-state index in [9.17, 15) is 4.79 Å². The minimum absolute atomic E-state index is 0.135. The second-order valence-corrected chi connectivity index (χ2v) is 5.15. The molecule has 0 atom stereocenters. The average Bonchev–Trinajstić information content (AvgIpc) is 2.60. The second kappa shape index (κ2) is 8.79. The van der Waals surface area contributed by atoms with Crippen LogP contribution in [0.1, 0.15) is 5.56 Å². The number of esters is 1. The molecule has 0 unspecified atom stereocenters. The van der Waals surface area contributed by atoms with Crippen molar-refractivity contribution in [1.82, 2.24) is 0 Å². The number of methoxy groups -OCH3 is 2. The Morgan fingerprint density at radius 2 is 1.71 bits per heavy atom. The van der Waals surface area contributed by atoms with Crippen molar-refractivity contribution in [2.24, 2.45) is 0 Å². The van der Waals surface area contributed by atoms with Gasteiger partial charge in [0.15, 0.2) is 0 Å². The van der Waals surface area contributed by atoms with E-state index >= 15 is 0 Å². The number of ether oxygens (including phenoxy) is 3. The normalized spacial score (nSPS) is 11.8. The summed E-state index contributed by atoms with van der Waals surface area (Å²) in [5, 5.41) is 0.209. The van der Waals surface area contributed by atoms with Gasteiger partial charge in [0, 0.05) is 0 Å². The number of benzene rings is 2. The van der Waals surface area contributed by atoms with Crippen molar-refractivity contribution in [2.45, 2.75) is 0 Å². The highest BCUT2D eigenvalue weighted by Gasteiger charge is 2.14. The molecule has 0 heterocycles. The summed E-state index contributed by atoms with van der Waals surface area (Å²) in [7, 11) is 2.71. The zero-order chi connectivity index (χ0) is 17.4. The second-order valence-electron chi connectivity index (χ2n) is 4.74. The summed E-state index contributed by atoms with van der Waals surface area (Å²) < 4.78 is 15.3. The first-order chi connectivity index (χ1) is 11.6. The molecule has 0 spiro atoms. The fourth-order valence-electron chi connectivity index (χ4n) is 1.95. The van der Waals surface area contributed by atoms with Crippen LogP contribution in [0.25, 0.3) is 6.08 Å². The van der Waals surface area contributed by atoms with E-state index in [0.717, 1.165) is 11.3 Å². The van der Waals surface area contributed by atoms with Gasteiger partial charge in [0.25, 0.3) is 0 Å². The van der Waals surface area contributed by atoms with E-state index in [-0.39, 0.29) is 10.6 Å². The van der Waals surface area contributed by atoms with E-state index in [1.54, 1.807) is 6.08 Å². The lowest BCUT2D eigenvalue weighted by Crippen LogP contribution is -2.05. The van der Waals surface area contributed by atoms with Crippen LogP contribution < -0.4 is 4.74 Å². The van der Waals surface area contributed by atoms with Gasteiger partial charge < -0.3 is 14.2 Å². The maximum Gasteiger partial charge on any atom is 0.342 e. The Labute approximate surface area is 145 Å². The van der Waals surface area contributed by atoms with E-state index < -0.39 is 5.97 Å². The van der Waals surface area contributed by atoms with Gasteiger partial charge in [-0.05, 0) is 35.9 Å². The summed E-state index contributed by atoms with van der Waals surface area (Å²) in [4.78, 5) is 11.7. The number of hydrogen-bond acceptors (Lipinski definition) is 4. The average molecular weight is 345 g/mol. The molecule has 0 aliphatic carbocycles. The van der Waals surface area contributed by atoms with Gasteiger partial charge in [0.1, 0.15) is 17.1 Å². The first-order valence-electron chi connectivity index (χ1n) is 7.16. The molecule has 4 nitrogen and oxygen atoms in total. The quantitative estimate of drug-likeness (QED) is 0.328. The number of rotatable bonds is 6. The van der Waals surface area contributed by atoms with Crippen LogP contribution in [0, 0.1) is 0 Å². The zero-order valence-corrected chi connectivity index (χ0v) is 14.1. The molecule has 0 amide bonds. The van der Waals surface area contributed by atoms with Crippen LogP contribution in [0.4, 0.5) is 0 Å². The summed E-state index contributed by atoms with van der Waals surface area (Å²) in [5.41, 5.74) is 0.912. The molecule has 24 heavy (non-hydrogen) atoms. The predicted octanol–water partition coefficient (Wildman–Crippen LogP) is 4.76. The van der Waals surface area contributed by atoms with Crippen LogP contribution in [-0.2, 0) is 14.3 Å². The Bertz CT molecular complexity index is 751. The molecule has 2 aromatic carbocycles. The molecular weight excluding hydrogens is 328 g/mol. The van der Waals surface area contributed by atoms with Crippen molar-refractivity contribution in [3.63, 3.8) is 0 Å². The maximum absolute atomic E-state index is 11.7. The van der Waals surface area contributed by atoms with Gasteiger partial charge >= 0.3 is 5.97 Å². The molecule has 124 valence electrons. The lowest BCUT2D eigenvalue weighted by atomic mass is 10.1. The van der Waals surface area contributed by atoms with Crippen molar-refractivity contribution in [3.05, 3.63) is 77.0 Å². The molecular formula is C19H17ClO4. The standard InChI is InChI=1S/C19H17ClO4/c1-22-13-17(19(21)23-2)18(20)12-14-7-6-10-16(11-14)24-15-8-4-3-5-9-15/h3-13H,1-2H3. The lowest BCUT2D eigenvalue weighted by molar-refractivity contribution is -0.135. The smallest absolute Gasteiger partial charge is 0.342 e. The highest BCUT2D eigenvalue weighted by molar-refractivity contribution is 6.36.